The number of carbonyl (C=O) groups is 1. The lowest BCUT2D eigenvalue weighted by Gasteiger charge is -1.90. The van der Waals surface area contributed by atoms with Crippen molar-refractivity contribution in [3.63, 3.8) is 0 Å². The summed E-state index contributed by atoms with van der Waals surface area (Å²) in [4.78, 5) is 27.1. The summed E-state index contributed by atoms with van der Waals surface area (Å²) < 4.78 is 4.57. The SMILES string of the molecule is O=C(O)c1ccc2[nH]c(=O)oc2n1. The largest absolute Gasteiger partial charge is 0.477 e. The summed E-state index contributed by atoms with van der Waals surface area (Å²) >= 11 is 0. The van der Waals surface area contributed by atoms with Crippen LogP contribution in [0.3, 0.4) is 0 Å². The number of H-pyrrole nitrogens is 1. The van der Waals surface area contributed by atoms with Crippen LogP contribution in [0.4, 0.5) is 0 Å². The van der Waals surface area contributed by atoms with Crippen molar-refractivity contribution in [1.82, 2.24) is 9.97 Å². The van der Waals surface area contributed by atoms with Crippen molar-refractivity contribution in [3.8, 4) is 0 Å². The number of oxazole rings is 1. The van der Waals surface area contributed by atoms with Gasteiger partial charge in [-0.3, -0.25) is 4.98 Å². The number of fused-ring (bicyclic) bond motifs is 1. The first-order valence-corrected chi connectivity index (χ1v) is 3.40. The van der Waals surface area contributed by atoms with Gasteiger partial charge in [0.2, 0.25) is 5.71 Å². The average molecular weight is 180 g/mol. The number of nitrogens with zero attached hydrogens (tertiary/aromatic N) is 1. The molecule has 6 nitrogen and oxygen atoms in total. The first-order valence-electron chi connectivity index (χ1n) is 3.40. The summed E-state index contributed by atoms with van der Waals surface area (Å²) in [5.74, 6) is -1.81. The number of aromatic nitrogens is 2. The van der Waals surface area contributed by atoms with E-state index in [0.717, 1.165) is 0 Å². The molecule has 0 unspecified atom stereocenters. The molecule has 2 heterocycles. The Labute approximate surface area is 70.8 Å². The highest BCUT2D eigenvalue weighted by Crippen LogP contribution is 2.07. The van der Waals surface area contributed by atoms with Crippen LogP contribution in [0.5, 0.6) is 0 Å². The molecule has 0 saturated carbocycles. The number of carboxylic acid groups (broad SMARTS) is 1. The number of aromatic carboxylic acids is 1. The van der Waals surface area contributed by atoms with Gasteiger partial charge in [-0.25, -0.2) is 14.6 Å². The van der Waals surface area contributed by atoms with E-state index < -0.39 is 11.7 Å². The summed E-state index contributed by atoms with van der Waals surface area (Å²) in [6, 6.07) is 2.72. The van der Waals surface area contributed by atoms with Crippen molar-refractivity contribution in [2.45, 2.75) is 0 Å². The van der Waals surface area contributed by atoms with Crippen LogP contribution in [0.2, 0.25) is 0 Å². The number of aromatic amines is 1. The van der Waals surface area contributed by atoms with Crippen LogP contribution >= 0.6 is 0 Å². The monoisotopic (exact) mass is 180 g/mol. The molecule has 13 heavy (non-hydrogen) atoms. The van der Waals surface area contributed by atoms with E-state index >= 15 is 0 Å². The number of pyridine rings is 1. The van der Waals surface area contributed by atoms with Crippen LogP contribution in [0, 0.1) is 0 Å². The molecule has 0 radical (unpaired) electrons. The molecule has 66 valence electrons. The fourth-order valence-electron chi connectivity index (χ4n) is 0.956. The molecule has 0 spiro atoms. The minimum absolute atomic E-state index is 0.00454. The molecule has 2 N–H and O–H groups in total. The molecule has 0 saturated heterocycles. The van der Waals surface area contributed by atoms with Crippen molar-refractivity contribution < 1.29 is 14.3 Å². The Balaban J connectivity index is 2.74. The van der Waals surface area contributed by atoms with Gasteiger partial charge in [0.1, 0.15) is 5.52 Å². The molecule has 2 aromatic heterocycles. The molecule has 2 aromatic rings. The molecular formula is C7H4N2O4. The van der Waals surface area contributed by atoms with Crippen LogP contribution in [0.15, 0.2) is 21.3 Å². The van der Waals surface area contributed by atoms with Gasteiger partial charge in [0.05, 0.1) is 0 Å². The molecule has 0 aromatic carbocycles. The van der Waals surface area contributed by atoms with E-state index in [9.17, 15) is 9.59 Å². The maximum absolute atomic E-state index is 10.7. The van der Waals surface area contributed by atoms with Crippen LogP contribution in [-0.4, -0.2) is 21.0 Å². The van der Waals surface area contributed by atoms with Gasteiger partial charge in [-0.15, -0.1) is 0 Å². The normalized spacial score (nSPS) is 10.5. The fraction of sp³-hybridized carbons (Fsp3) is 0. The predicted molar refractivity (Wildman–Crippen MR) is 41.6 cm³/mol. The van der Waals surface area contributed by atoms with E-state index in [4.69, 9.17) is 5.11 Å². The lowest BCUT2D eigenvalue weighted by molar-refractivity contribution is 0.0690. The maximum atomic E-state index is 10.7. The Hall–Kier alpha value is -2.11. The van der Waals surface area contributed by atoms with Gasteiger partial charge < -0.3 is 9.52 Å². The highest BCUT2D eigenvalue weighted by Gasteiger charge is 2.08. The van der Waals surface area contributed by atoms with Crippen molar-refractivity contribution in [1.29, 1.82) is 0 Å². The van der Waals surface area contributed by atoms with Gasteiger partial charge in [-0.1, -0.05) is 0 Å². The first kappa shape index (κ1) is 7.53. The Bertz CT molecular complexity index is 525. The lowest BCUT2D eigenvalue weighted by atomic mass is 10.3. The van der Waals surface area contributed by atoms with E-state index in [2.05, 4.69) is 14.4 Å². The molecule has 0 atom stereocenters. The molecule has 0 aliphatic rings. The molecule has 6 heteroatoms. The maximum Gasteiger partial charge on any atom is 0.418 e. The fourth-order valence-corrected chi connectivity index (χ4v) is 0.956. The summed E-state index contributed by atoms with van der Waals surface area (Å²) in [6.45, 7) is 0. The Morgan fingerprint density at radius 3 is 3.00 bits per heavy atom. The quantitative estimate of drug-likeness (QED) is 0.654. The summed E-state index contributed by atoms with van der Waals surface area (Å²) in [6.07, 6.45) is 0. The van der Waals surface area contributed by atoms with Crippen molar-refractivity contribution in [2.75, 3.05) is 0 Å². The minimum atomic E-state index is -1.16. The topological polar surface area (TPSA) is 96.2 Å². The average Bonchev–Trinajstić information content (AvgIpc) is 2.42. The van der Waals surface area contributed by atoms with Gasteiger partial charge >= 0.3 is 11.7 Å². The molecular weight excluding hydrogens is 176 g/mol. The van der Waals surface area contributed by atoms with Gasteiger partial charge in [0.25, 0.3) is 0 Å². The third-order valence-electron chi connectivity index (χ3n) is 1.51. The van der Waals surface area contributed by atoms with Gasteiger partial charge in [-0.2, -0.15) is 0 Å². The Kier molecular flexibility index (Phi) is 1.42. The van der Waals surface area contributed by atoms with Gasteiger partial charge in [-0.05, 0) is 12.1 Å². The summed E-state index contributed by atoms with van der Waals surface area (Å²) in [7, 11) is 0. The Morgan fingerprint density at radius 2 is 2.31 bits per heavy atom. The van der Waals surface area contributed by atoms with E-state index in [-0.39, 0.29) is 11.4 Å². The van der Waals surface area contributed by atoms with E-state index in [0.29, 0.717) is 5.52 Å². The summed E-state index contributed by atoms with van der Waals surface area (Å²) in [5.41, 5.74) is 0.232. The summed E-state index contributed by atoms with van der Waals surface area (Å²) in [5, 5.41) is 8.56. The molecule has 0 fully saturated rings. The van der Waals surface area contributed by atoms with Crippen molar-refractivity contribution in [3.05, 3.63) is 28.4 Å². The molecule has 0 amide bonds. The smallest absolute Gasteiger partial charge is 0.418 e. The van der Waals surface area contributed by atoms with Crippen LogP contribution < -0.4 is 5.76 Å². The number of hydrogen-bond donors (Lipinski definition) is 2. The second-order valence-electron chi connectivity index (χ2n) is 2.37. The standard InChI is InChI=1S/C7H4N2O4/c10-6(11)4-2-1-3-5(8-4)13-7(12)9-3/h1-2H,(H,9,12)(H,10,11). The number of carboxylic acids is 1. The van der Waals surface area contributed by atoms with Crippen LogP contribution in [-0.2, 0) is 0 Å². The highest BCUT2D eigenvalue weighted by atomic mass is 16.4. The zero-order valence-electron chi connectivity index (χ0n) is 6.27. The Morgan fingerprint density at radius 1 is 1.54 bits per heavy atom. The number of rotatable bonds is 1. The lowest BCUT2D eigenvalue weighted by Crippen LogP contribution is -1.98. The highest BCUT2D eigenvalue weighted by molar-refractivity contribution is 5.87. The third kappa shape index (κ3) is 1.18. The van der Waals surface area contributed by atoms with Crippen LogP contribution in [0.1, 0.15) is 10.5 Å². The van der Waals surface area contributed by atoms with Crippen molar-refractivity contribution >= 4 is 17.2 Å². The molecule has 0 aliphatic carbocycles. The third-order valence-corrected chi connectivity index (χ3v) is 1.51. The van der Waals surface area contributed by atoms with Gasteiger partial charge in [0.15, 0.2) is 5.69 Å². The van der Waals surface area contributed by atoms with Crippen LogP contribution in [0.25, 0.3) is 11.2 Å². The predicted octanol–water partition coefficient (Wildman–Crippen LogP) is 0.214. The number of hydrogen-bond acceptors (Lipinski definition) is 4. The number of nitrogens with one attached hydrogen (secondary N) is 1. The van der Waals surface area contributed by atoms with Crippen molar-refractivity contribution in [2.24, 2.45) is 0 Å². The minimum Gasteiger partial charge on any atom is -0.477 e. The zero-order chi connectivity index (χ0) is 9.42. The first-order chi connectivity index (χ1) is 6.16. The molecule has 0 bridgehead atoms. The van der Waals surface area contributed by atoms with E-state index in [1.54, 1.807) is 0 Å². The van der Waals surface area contributed by atoms with E-state index in [1.807, 2.05) is 0 Å². The molecule has 2 rings (SSSR count). The second-order valence-corrected chi connectivity index (χ2v) is 2.37. The van der Waals surface area contributed by atoms with Gasteiger partial charge in [0, 0.05) is 0 Å². The second kappa shape index (κ2) is 2.44. The molecule has 0 aliphatic heterocycles. The van der Waals surface area contributed by atoms with E-state index in [1.165, 1.54) is 12.1 Å². The zero-order valence-corrected chi connectivity index (χ0v) is 6.27.